The maximum atomic E-state index is 13.1. The van der Waals surface area contributed by atoms with Gasteiger partial charge in [-0.2, -0.15) is 0 Å². The molecule has 1 aliphatic rings. The van der Waals surface area contributed by atoms with Gasteiger partial charge in [0, 0.05) is 57.7 Å². The largest absolute Gasteiger partial charge is 0.487 e. The predicted molar refractivity (Wildman–Crippen MR) is 132 cm³/mol. The Kier molecular flexibility index (Phi) is 10.1. The maximum Gasteiger partial charge on any atom is 0.257 e. The number of ether oxygens (including phenoxy) is 3. The van der Waals surface area contributed by atoms with Gasteiger partial charge in [0.2, 0.25) is 0 Å². The Balaban J connectivity index is 1.84. The van der Waals surface area contributed by atoms with E-state index in [1.54, 1.807) is 6.07 Å². The smallest absolute Gasteiger partial charge is 0.257 e. The van der Waals surface area contributed by atoms with E-state index >= 15 is 0 Å². The van der Waals surface area contributed by atoms with Gasteiger partial charge in [0.25, 0.3) is 5.91 Å². The van der Waals surface area contributed by atoms with Gasteiger partial charge < -0.3 is 24.1 Å². The number of carbonyl (C=O) groups is 1. The average molecular weight is 472 g/mol. The van der Waals surface area contributed by atoms with Crippen molar-refractivity contribution in [2.24, 2.45) is 0 Å². The molecule has 186 valence electrons. The van der Waals surface area contributed by atoms with E-state index in [1.165, 1.54) is 0 Å². The molecule has 1 amide bonds. The van der Waals surface area contributed by atoms with E-state index in [1.807, 2.05) is 49.6 Å². The Hall–Kier alpha value is -2.68. The molecule has 0 radical (unpaired) electrons. The van der Waals surface area contributed by atoms with Gasteiger partial charge in [-0.3, -0.25) is 14.5 Å². The van der Waals surface area contributed by atoms with Crippen molar-refractivity contribution in [2.45, 2.75) is 40.3 Å². The zero-order chi connectivity index (χ0) is 24.3. The average Bonchev–Trinajstić information content (AvgIpc) is 2.83. The van der Waals surface area contributed by atoms with Gasteiger partial charge in [-0.05, 0) is 39.3 Å². The number of amides is 1. The van der Waals surface area contributed by atoms with E-state index in [2.05, 4.69) is 10.2 Å². The Bertz CT molecular complexity index is 981. The number of rotatable bonds is 12. The summed E-state index contributed by atoms with van der Waals surface area (Å²) in [4.78, 5) is 28.4. The fourth-order valence-electron chi connectivity index (χ4n) is 4.00. The minimum atomic E-state index is -0.371. The zero-order valence-electron chi connectivity index (χ0n) is 20.6. The van der Waals surface area contributed by atoms with E-state index in [0.29, 0.717) is 44.2 Å². The van der Waals surface area contributed by atoms with Crippen LogP contribution < -0.4 is 15.5 Å². The fraction of sp³-hybridized carbons (Fsp3) is 0.538. The molecule has 34 heavy (non-hydrogen) atoms. The molecular weight excluding hydrogens is 434 g/mol. The number of carbonyl (C=O) groups excluding carboxylic acids is 1. The summed E-state index contributed by atoms with van der Waals surface area (Å²) in [6.45, 7) is 12.3. The van der Waals surface area contributed by atoms with Gasteiger partial charge in [0.1, 0.15) is 17.9 Å². The van der Waals surface area contributed by atoms with Crippen LogP contribution in [0.2, 0.25) is 0 Å². The van der Waals surface area contributed by atoms with Gasteiger partial charge >= 0.3 is 0 Å². The van der Waals surface area contributed by atoms with E-state index in [9.17, 15) is 9.59 Å². The molecule has 0 atom stereocenters. The molecule has 0 spiro atoms. The van der Waals surface area contributed by atoms with Crippen LogP contribution in [-0.2, 0) is 22.6 Å². The number of morpholine rings is 1. The van der Waals surface area contributed by atoms with Gasteiger partial charge in [-0.1, -0.05) is 17.7 Å². The molecule has 8 heteroatoms. The lowest BCUT2D eigenvalue weighted by atomic mass is 10.1. The quantitative estimate of drug-likeness (QED) is 0.479. The second-order valence-electron chi connectivity index (χ2n) is 8.49. The molecule has 1 fully saturated rings. The molecule has 0 aliphatic carbocycles. The third kappa shape index (κ3) is 7.41. The van der Waals surface area contributed by atoms with Crippen LogP contribution in [0.4, 0.5) is 0 Å². The summed E-state index contributed by atoms with van der Waals surface area (Å²) in [7, 11) is 0. The highest BCUT2D eigenvalue weighted by Crippen LogP contribution is 2.17. The number of pyridine rings is 1. The van der Waals surface area contributed by atoms with Crippen molar-refractivity contribution in [3.63, 3.8) is 0 Å². The molecule has 1 aliphatic heterocycles. The number of hydrogen-bond acceptors (Lipinski definition) is 6. The summed E-state index contributed by atoms with van der Waals surface area (Å²) >= 11 is 0. The zero-order valence-corrected chi connectivity index (χ0v) is 20.6. The summed E-state index contributed by atoms with van der Waals surface area (Å²) < 4.78 is 18.9. The van der Waals surface area contributed by atoms with Crippen molar-refractivity contribution in [1.29, 1.82) is 0 Å². The molecule has 1 aromatic heterocycles. The first kappa shape index (κ1) is 25.9. The van der Waals surface area contributed by atoms with Gasteiger partial charge in [-0.15, -0.1) is 0 Å². The lowest BCUT2D eigenvalue weighted by Gasteiger charge is -2.28. The molecule has 0 bridgehead atoms. The molecular formula is C26H37N3O5. The third-order valence-corrected chi connectivity index (χ3v) is 5.95. The van der Waals surface area contributed by atoms with Crippen molar-refractivity contribution in [2.75, 3.05) is 52.6 Å². The molecule has 0 unspecified atom stereocenters. The Morgan fingerprint density at radius 2 is 1.85 bits per heavy atom. The second kappa shape index (κ2) is 13.3. The summed E-state index contributed by atoms with van der Waals surface area (Å²) in [6.07, 6.45) is 0.686. The number of aryl methyl sites for hydroxylation is 2. The monoisotopic (exact) mass is 471 g/mol. The summed E-state index contributed by atoms with van der Waals surface area (Å²) in [5, 5.41) is 2.88. The van der Waals surface area contributed by atoms with Crippen molar-refractivity contribution in [3.8, 4) is 5.75 Å². The SMILES string of the molecule is CCOCCCNC(=O)c1c(COc2ccc(C)cc2)n(CCN2CCOCC2)c(C)cc1=O. The number of aromatic nitrogens is 1. The predicted octanol–water partition coefficient (Wildman–Crippen LogP) is 2.53. The van der Waals surface area contributed by atoms with Crippen LogP contribution in [0.5, 0.6) is 5.75 Å². The lowest BCUT2D eigenvalue weighted by molar-refractivity contribution is 0.0361. The van der Waals surface area contributed by atoms with Crippen LogP contribution in [0, 0.1) is 13.8 Å². The minimum absolute atomic E-state index is 0.130. The lowest BCUT2D eigenvalue weighted by Crippen LogP contribution is -2.39. The Morgan fingerprint density at radius 1 is 1.12 bits per heavy atom. The van der Waals surface area contributed by atoms with Crippen molar-refractivity contribution in [3.05, 3.63) is 63.1 Å². The number of nitrogens with one attached hydrogen (secondary N) is 1. The van der Waals surface area contributed by atoms with Gasteiger partial charge in [0.05, 0.1) is 18.9 Å². The summed E-state index contributed by atoms with van der Waals surface area (Å²) in [5.74, 6) is 0.325. The van der Waals surface area contributed by atoms with Crippen molar-refractivity contribution in [1.82, 2.24) is 14.8 Å². The first-order valence-corrected chi connectivity index (χ1v) is 12.1. The van der Waals surface area contributed by atoms with Crippen LogP contribution in [0.1, 0.15) is 40.7 Å². The van der Waals surface area contributed by atoms with Crippen LogP contribution in [0.15, 0.2) is 35.1 Å². The molecule has 1 aromatic carbocycles. The summed E-state index contributed by atoms with van der Waals surface area (Å²) in [5.41, 5.74) is 2.41. The first-order chi connectivity index (χ1) is 16.5. The van der Waals surface area contributed by atoms with Crippen molar-refractivity contribution >= 4 is 5.91 Å². The normalized spacial score (nSPS) is 14.2. The summed E-state index contributed by atoms with van der Waals surface area (Å²) in [6, 6.07) is 9.29. The minimum Gasteiger partial charge on any atom is -0.487 e. The molecule has 3 rings (SSSR count). The van der Waals surface area contributed by atoms with E-state index in [0.717, 1.165) is 44.1 Å². The number of hydrogen-bond donors (Lipinski definition) is 1. The Labute approximate surface area is 201 Å². The Morgan fingerprint density at radius 3 is 2.56 bits per heavy atom. The molecule has 0 saturated carbocycles. The third-order valence-electron chi connectivity index (χ3n) is 5.95. The topological polar surface area (TPSA) is 82.0 Å². The highest BCUT2D eigenvalue weighted by Gasteiger charge is 2.21. The molecule has 1 saturated heterocycles. The first-order valence-electron chi connectivity index (χ1n) is 12.1. The van der Waals surface area contributed by atoms with Crippen LogP contribution in [-0.4, -0.2) is 68.0 Å². The van der Waals surface area contributed by atoms with Crippen molar-refractivity contribution < 1.29 is 19.0 Å². The van der Waals surface area contributed by atoms with Crippen LogP contribution in [0.3, 0.4) is 0 Å². The maximum absolute atomic E-state index is 13.1. The van der Waals surface area contributed by atoms with Crippen LogP contribution in [0.25, 0.3) is 0 Å². The van der Waals surface area contributed by atoms with E-state index in [4.69, 9.17) is 14.2 Å². The molecule has 2 aromatic rings. The molecule has 2 heterocycles. The highest BCUT2D eigenvalue weighted by atomic mass is 16.5. The number of benzene rings is 1. The second-order valence-corrected chi connectivity index (χ2v) is 8.49. The fourth-order valence-corrected chi connectivity index (χ4v) is 4.00. The highest BCUT2D eigenvalue weighted by molar-refractivity contribution is 5.95. The van der Waals surface area contributed by atoms with E-state index < -0.39 is 0 Å². The van der Waals surface area contributed by atoms with E-state index in [-0.39, 0.29) is 23.5 Å². The molecule has 1 N–H and O–H groups in total. The molecule has 8 nitrogen and oxygen atoms in total. The number of nitrogens with zero attached hydrogens (tertiary/aromatic N) is 2. The van der Waals surface area contributed by atoms with Gasteiger partial charge in [0.15, 0.2) is 5.43 Å². The van der Waals surface area contributed by atoms with Crippen LogP contribution >= 0.6 is 0 Å². The van der Waals surface area contributed by atoms with Gasteiger partial charge in [-0.25, -0.2) is 0 Å². The standard InChI is InChI=1S/C26H37N3O5/c1-4-32-15-5-10-27-26(31)25-23(19-34-22-8-6-20(2)7-9-22)29(21(3)18-24(25)30)12-11-28-13-16-33-17-14-28/h6-9,18H,4-5,10-17,19H2,1-3H3,(H,27,31).